The number of rotatable bonds is 6. The van der Waals surface area contributed by atoms with Crippen LogP contribution in [0.1, 0.15) is 67.9 Å². The molecule has 0 saturated carbocycles. The van der Waals surface area contributed by atoms with Crippen molar-refractivity contribution in [2.75, 3.05) is 31.5 Å². The van der Waals surface area contributed by atoms with Crippen molar-refractivity contribution in [3.05, 3.63) is 46.2 Å². The molecule has 2 N–H and O–H groups in total. The standard InChI is InChI=1S/C30H40FN5O5S/c1-18-25(19(2)37)42-28(32-18)34-27(39)33-24-17-36(29(40)41-30(3,4)5)14-12-23(24)26(38)35-13-6-7-21(16-35)15-20-8-10-22(31)11-9-20/h8-11,21,23-24H,6-7,12-17H2,1-5H3,(H2,32,33,34,39)/t21-,23-,24-/m0/s1. The highest BCUT2D eigenvalue weighted by atomic mass is 32.1. The number of aromatic nitrogens is 1. The zero-order valence-corrected chi connectivity index (χ0v) is 25.7. The molecule has 228 valence electrons. The lowest BCUT2D eigenvalue weighted by atomic mass is 9.87. The molecule has 1 aromatic heterocycles. The minimum absolute atomic E-state index is 0.0584. The fourth-order valence-corrected chi connectivity index (χ4v) is 6.44. The summed E-state index contributed by atoms with van der Waals surface area (Å²) in [6.07, 6.45) is 2.44. The van der Waals surface area contributed by atoms with Crippen LogP contribution in [-0.4, -0.2) is 76.4 Å². The number of likely N-dealkylation sites (tertiary alicyclic amines) is 2. The van der Waals surface area contributed by atoms with E-state index in [1.165, 1.54) is 24.0 Å². The molecule has 0 aliphatic carbocycles. The number of nitrogens with one attached hydrogen (secondary N) is 2. The van der Waals surface area contributed by atoms with Gasteiger partial charge in [-0.25, -0.2) is 19.0 Å². The Labute approximate surface area is 250 Å². The number of amides is 4. The number of carbonyl (C=O) groups is 4. The van der Waals surface area contributed by atoms with Crippen molar-refractivity contribution < 1.29 is 28.3 Å². The first-order valence-corrected chi connectivity index (χ1v) is 15.2. The molecular formula is C30H40FN5O5S. The maximum absolute atomic E-state index is 13.9. The summed E-state index contributed by atoms with van der Waals surface area (Å²) in [6.45, 7) is 10.1. The van der Waals surface area contributed by atoms with Crippen molar-refractivity contribution in [2.24, 2.45) is 11.8 Å². The first-order valence-electron chi connectivity index (χ1n) is 14.4. The second kappa shape index (κ2) is 13.2. The number of hydrogen-bond acceptors (Lipinski definition) is 7. The van der Waals surface area contributed by atoms with Gasteiger partial charge in [-0.05, 0) is 77.0 Å². The first kappa shape index (κ1) is 31.4. The number of benzene rings is 1. The molecule has 1 aromatic carbocycles. The Balaban J connectivity index is 1.46. The van der Waals surface area contributed by atoms with E-state index in [0.29, 0.717) is 36.6 Å². The molecule has 2 aromatic rings. The normalized spacial score (nSPS) is 21.0. The molecule has 2 aliphatic rings. The Morgan fingerprint density at radius 1 is 1.07 bits per heavy atom. The van der Waals surface area contributed by atoms with E-state index in [2.05, 4.69) is 15.6 Å². The van der Waals surface area contributed by atoms with E-state index in [4.69, 9.17) is 4.74 Å². The number of ether oxygens (including phenoxy) is 1. The third-order valence-corrected chi connectivity index (χ3v) is 8.68. The van der Waals surface area contributed by atoms with Gasteiger partial charge in [0.25, 0.3) is 0 Å². The molecule has 3 heterocycles. The Hall–Kier alpha value is -3.54. The van der Waals surface area contributed by atoms with Crippen LogP contribution in [0.4, 0.5) is 19.1 Å². The molecule has 12 heteroatoms. The van der Waals surface area contributed by atoms with Crippen LogP contribution in [0.3, 0.4) is 0 Å². The van der Waals surface area contributed by atoms with Crippen LogP contribution in [0.15, 0.2) is 24.3 Å². The summed E-state index contributed by atoms with van der Waals surface area (Å²) < 4.78 is 18.9. The largest absolute Gasteiger partial charge is 0.444 e. The Morgan fingerprint density at radius 3 is 2.43 bits per heavy atom. The van der Waals surface area contributed by atoms with Crippen LogP contribution in [0, 0.1) is 24.6 Å². The van der Waals surface area contributed by atoms with Gasteiger partial charge in [-0.3, -0.25) is 14.9 Å². The van der Waals surface area contributed by atoms with Crippen LogP contribution in [-0.2, 0) is 16.0 Å². The highest BCUT2D eigenvalue weighted by Gasteiger charge is 2.40. The van der Waals surface area contributed by atoms with Gasteiger partial charge in [0.2, 0.25) is 5.91 Å². The molecule has 4 rings (SSSR count). The van der Waals surface area contributed by atoms with E-state index in [0.717, 1.165) is 36.2 Å². The molecule has 10 nitrogen and oxygen atoms in total. The molecule has 0 spiro atoms. The van der Waals surface area contributed by atoms with Crippen molar-refractivity contribution in [1.29, 1.82) is 0 Å². The summed E-state index contributed by atoms with van der Waals surface area (Å²) in [6, 6.07) is 5.24. The summed E-state index contributed by atoms with van der Waals surface area (Å²) in [7, 11) is 0. The van der Waals surface area contributed by atoms with Gasteiger partial charge in [-0.2, -0.15) is 0 Å². The first-order chi connectivity index (χ1) is 19.8. The van der Waals surface area contributed by atoms with Crippen LogP contribution in [0.25, 0.3) is 0 Å². The Bertz CT molecular complexity index is 1310. The summed E-state index contributed by atoms with van der Waals surface area (Å²) in [5, 5.41) is 5.86. The molecule has 2 saturated heterocycles. The second-order valence-corrected chi connectivity index (χ2v) is 13.1. The van der Waals surface area contributed by atoms with Gasteiger partial charge in [-0.15, -0.1) is 0 Å². The average molecular weight is 602 g/mol. The quantitative estimate of drug-likeness (QED) is 0.449. The van der Waals surface area contributed by atoms with Gasteiger partial charge in [-0.1, -0.05) is 23.5 Å². The molecule has 0 bridgehead atoms. The number of anilines is 1. The number of thiazole rings is 1. The topological polar surface area (TPSA) is 121 Å². The highest BCUT2D eigenvalue weighted by Crippen LogP contribution is 2.28. The predicted octanol–water partition coefficient (Wildman–Crippen LogP) is 5.02. The van der Waals surface area contributed by atoms with Gasteiger partial charge in [0.15, 0.2) is 10.9 Å². The van der Waals surface area contributed by atoms with Crippen molar-refractivity contribution >= 4 is 40.3 Å². The van der Waals surface area contributed by atoms with Gasteiger partial charge >= 0.3 is 12.1 Å². The molecule has 3 atom stereocenters. The SMILES string of the molecule is CC(=O)c1sc(NC(=O)N[C@H]2CN(C(=O)OC(C)(C)C)CC[C@@H]2C(=O)N2CCC[C@@H](Cc3ccc(F)cc3)C2)nc1C. The summed E-state index contributed by atoms with van der Waals surface area (Å²) in [5.74, 6) is -0.762. The van der Waals surface area contributed by atoms with Crippen LogP contribution >= 0.6 is 11.3 Å². The zero-order chi connectivity index (χ0) is 30.6. The fraction of sp³-hybridized carbons (Fsp3) is 0.567. The van der Waals surface area contributed by atoms with E-state index in [1.54, 1.807) is 39.8 Å². The van der Waals surface area contributed by atoms with Crippen molar-refractivity contribution in [3.8, 4) is 0 Å². The third kappa shape index (κ3) is 8.27. The number of ketones is 1. The monoisotopic (exact) mass is 601 g/mol. The summed E-state index contributed by atoms with van der Waals surface area (Å²) in [4.78, 5) is 59.8. The van der Waals surface area contributed by atoms with E-state index in [-0.39, 0.29) is 35.1 Å². The lowest BCUT2D eigenvalue weighted by Gasteiger charge is -2.42. The predicted molar refractivity (Wildman–Crippen MR) is 158 cm³/mol. The maximum atomic E-state index is 13.9. The summed E-state index contributed by atoms with van der Waals surface area (Å²) in [5.41, 5.74) is 0.877. The molecule has 0 unspecified atom stereocenters. The van der Waals surface area contributed by atoms with Crippen LogP contribution in [0.2, 0.25) is 0 Å². The zero-order valence-electron chi connectivity index (χ0n) is 24.9. The maximum Gasteiger partial charge on any atom is 0.410 e. The highest BCUT2D eigenvalue weighted by molar-refractivity contribution is 7.17. The second-order valence-electron chi connectivity index (χ2n) is 12.1. The van der Waals surface area contributed by atoms with Crippen molar-refractivity contribution in [1.82, 2.24) is 20.1 Å². The number of carbonyl (C=O) groups excluding carboxylic acids is 4. The van der Waals surface area contributed by atoms with E-state index in [1.807, 2.05) is 4.90 Å². The van der Waals surface area contributed by atoms with Gasteiger partial charge in [0, 0.05) is 33.1 Å². The molecule has 2 aliphatic heterocycles. The van der Waals surface area contributed by atoms with Crippen molar-refractivity contribution in [3.63, 3.8) is 0 Å². The lowest BCUT2D eigenvalue weighted by Crippen LogP contribution is -2.59. The van der Waals surface area contributed by atoms with Gasteiger partial charge in [0.1, 0.15) is 11.4 Å². The molecule has 42 heavy (non-hydrogen) atoms. The number of nitrogens with zero attached hydrogens (tertiary/aromatic N) is 3. The summed E-state index contributed by atoms with van der Waals surface area (Å²) >= 11 is 1.09. The fourth-order valence-electron chi connectivity index (χ4n) is 5.58. The average Bonchev–Trinajstić information content (AvgIpc) is 3.28. The minimum Gasteiger partial charge on any atom is -0.444 e. The van der Waals surface area contributed by atoms with Gasteiger partial charge < -0.3 is 19.9 Å². The molecular weight excluding hydrogens is 561 g/mol. The third-order valence-electron chi connectivity index (χ3n) is 7.50. The Morgan fingerprint density at radius 2 is 1.79 bits per heavy atom. The number of Topliss-reactive ketones (excluding diaryl/α,β-unsaturated/α-hetero) is 1. The number of hydrogen-bond donors (Lipinski definition) is 2. The van der Waals surface area contributed by atoms with Crippen LogP contribution in [0.5, 0.6) is 0 Å². The van der Waals surface area contributed by atoms with Gasteiger partial charge in [0.05, 0.1) is 22.5 Å². The smallest absolute Gasteiger partial charge is 0.410 e. The van der Waals surface area contributed by atoms with Crippen LogP contribution < -0.4 is 10.6 Å². The van der Waals surface area contributed by atoms with E-state index in [9.17, 15) is 23.6 Å². The van der Waals surface area contributed by atoms with Crippen molar-refractivity contribution in [2.45, 2.75) is 71.9 Å². The molecule has 0 radical (unpaired) electrons. The minimum atomic E-state index is -0.686. The number of halogens is 1. The number of urea groups is 1. The number of aryl methyl sites for hydroxylation is 1. The lowest BCUT2D eigenvalue weighted by molar-refractivity contribution is -0.139. The van der Waals surface area contributed by atoms with E-state index < -0.39 is 29.7 Å². The molecule has 4 amide bonds. The molecule has 2 fully saturated rings. The van der Waals surface area contributed by atoms with E-state index >= 15 is 0 Å². The number of piperidine rings is 2. The Kier molecular flexibility index (Phi) is 9.85.